The molecule has 0 atom stereocenters. The van der Waals surface area contributed by atoms with Gasteiger partial charge in [0.15, 0.2) is 0 Å². The molecule has 112 valence electrons. The number of aryl methyl sites for hydroxylation is 1. The number of halogens is 1. The number of nitrogens with one attached hydrogen (secondary N) is 1. The van der Waals surface area contributed by atoms with E-state index in [0.717, 1.165) is 16.1 Å². The molecule has 0 aliphatic heterocycles. The number of hydrogen-bond donors (Lipinski definition) is 3. The summed E-state index contributed by atoms with van der Waals surface area (Å²) in [5, 5.41) is 21.5. The zero-order chi connectivity index (χ0) is 15.3. The van der Waals surface area contributed by atoms with Crippen molar-refractivity contribution in [2.75, 3.05) is 13.2 Å². The van der Waals surface area contributed by atoms with Gasteiger partial charge < -0.3 is 15.5 Å². The third-order valence-electron chi connectivity index (χ3n) is 2.27. The summed E-state index contributed by atoms with van der Waals surface area (Å²) in [5.74, 6) is 0. The molecule has 1 aromatic carbocycles. The minimum absolute atomic E-state index is 0.0733. The second kappa shape index (κ2) is 13.8. The van der Waals surface area contributed by atoms with E-state index in [4.69, 9.17) is 21.8 Å². The summed E-state index contributed by atoms with van der Waals surface area (Å²) in [6, 6.07) is 5.53. The van der Waals surface area contributed by atoms with Crippen molar-refractivity contribution in [1.82, 2.24) is 5.32 Å². The van der Waals surface area contributed by atoms with Crippen LogP contribution in [0.2, 0.25) is 5.02 Å². The lowest BCUT2D eigenvalue weighted by Crippen LogP contribution is -2.35. The molecule has 1 rings (SSSR count). The Morgan fingerprint density at radius 3 is 2.05 bits per heavy atom. The fourth-order valence-corrected chi connectivity index (χ4v) is 1.40. The van der Waals surface area contributed by atoms with Gasteiger partial charge in [-0.2, -0.15) is 0 Å². The molecule has 0 bridgehead atoms. The average Bonchev–Trinajstić information content (AvgIpc) is 2.48. The Bertz CT molecular complexity index is 315. The van der Waals surface area contributed by atoms with Crippen molar-refractivity contribution in [3.05, 3.63) is 34.3 Å². The predicted octanol–water partition coefficient (Wildman–Crippen LogP) is 3.14. The van der Waals surface area contributed by atoms with E-state index in [1.165, 1.54) is 0 Å². The van der Waals surface area contributed by atoms with Gasteiger partial charge in [0.1, 0.15) is 0 Å². The van der Waals surface area contributed by atoms with Crippen molar-refractivity contribution in [3.63, 3.8) is 0 Å². The Balaban J connectivity index is 0. The van der Waals surface area contributed by atoms with Gasteiger partial charge in [0.25, 0.3) is 0 Å². The largest absolute Gasteiger partial charge is 0.395 e. The zero-order valence-corrected chi connectivity index (χ0v) is 13.5. The number of benzene rings is 1. The summed E-state index contributed by atoms with van der Waals surface area (Å²) in [7, 11) is 0. The van der Waals surface area contributed by atoms with E-state index >= 15 is 0 Å². The topological polar surface area (TPSA) is 52.5 Å². The van der Waals surface area contributed by atoms with Crippen LogP contribution in [0.4, 0.5) is 0 Å². The molecule has 0 aromatic heterocycles. The van der Waals surface area contributed by atoms with Crippen LogP contribution >= 0.6 is 11.6 Å². The van der Waals surface area contributed by atoms with Crippen molar-refractivity contribution < 1.29 is 10.2 Å². The maximum Gasteiger partial charge on any atom is 0.0607 e. The van der Waals surface area contributed by atoms with Crippen LogP contribution in [0.3, 0.4) is 0 Å². The minimum Gasteiger partial charge on any atom is -0.395 e. The summed E-state index contributed by atoms with van der Waals surface area (Å²) in [5.41, 5.74) is 2.08. The van der Waals surface area contributed by atoms with Gasteiger partial charge in [-0.1, -0.05) is 51.4 Å². The van der Waals surface area contributed by atoms with Gasteiger partial charge >= 0.3 is 0 Å². The van der Waals surface area contributed by atoms with Gasteiger partial charge in [-0.3, -0.25) is 0 Å². The van der Waals surface area contributed by atoms with Gasteiger partial charge in [0, 0.05) is 11.6 Å². The molecule has 0 heterocycles. The van der Waals surface area contributed by atoms with E-state index in [9.17, 15) is 0 Å². The molecular weight excluding hydrogens is 262 g/mol. The highest BCUT2D eigenvalue weighted by Gasteiger charge is 2.04. The molecule has 0 radical (unpaired) electrons. The molecule has 0 saturated carbocycles. The van der Waals surface area contributed by atoms with Gasteiger partial charge in [-0.05, 0) is 24.1 Å². The maximum absolute atomic E-state index is 8.85. The second-order valence-corrected chi connectivity index (χ2v) is 3.93. The molecule has 0 fully saturated rings. The highest BCUT2D eigenvalue weighted by Crippen LogP contribution is 2.16. The maximum atomic E-state index is 8.85. The highest BCUT2D eigenvalue weighted by atomic mass is 35.5. The summed E-state index contributed by atoms with van der Waals surface area (Å²) in [6.45, 7) is 10.4. The van der Waals surface area contributed by atoms with Crippen molar-refractivity contribution in [3.8, 4) is 0 Å². The SMILES string of the molecule is CC.CC.Cc1ccc(CNC(CO)CO)cc1Cl. The minimum atomic E-state index is -0.273. The molecule has 0 aliphatic rings. The molecule has 0 aliphatic carbocycles. The van der Waals surface area contributed by atoms with Crippen LogP contribution in [0.5, 0.6) is 0 Å². The number of rotatable bonds is 5. The lowest BCUT2D eigenvalue weighted by Gasteiger charge is -2.13. The van der Waals surface area contributed by atoms with Crippen LogP contribution in [-0.4, -0.2) is 29.5 Å². The van der Waals surface area contributed by atoms with E-state index < -0.39 is 0 Å². The highest BCUT2D eigenvalue weighted by molar-refractivity contribution is 6.31. The Morgan fingerprint density at radius 1 is 1.11 bits per heavy atom. The van der Waals surface area contributed by atoms with E-state index in [1.807, 2.05) is 52.8 Å². The first-order valence-corrected chi connectivity index (χ1v) is 7.25. The van der Waals surface area contributed by atoms with Crippen molar-refractivity contribution in [2.45, 2.75) is 47.2 Å². The molecule has 3 nitrogen and oxygen atoms in total. The number of aliphatic hydroxyl groups is 2. The van der Waals surface area contributed by atoms with Gasteiger partial charge in [0.2, 0.25) is 0 Å². The van der Waals surface area contributed by atoms with Crippen LogP contribution in [-0.2, 0) is 6.54 Å². The molecule has 4 heteroatoms. The average molecular weight is 290 g/mol. The molecule has 3 N–H and O–H groups in total. The zero-order valence-electron chi connectivity index (χ0n) is 12.7. The molecule has 19 heavy (non-hydrogen) atoms. The second-order valence-electron chi connectivity index (χ2n) is 3.53. The monoisotopic (exact) mass is 289 g/mol. The smallest absolute Gasteiger partial charge is 0.0607 e. The van der Waals surface area contributed by atoms with Crippen molar-refractivity contribution in [1.29, 1.82) is 0 Å². The van der Waals surface area contributed by atoms with Gasteiger partial charge in [0.05, 0.1) is 19.3 Å². The van der Waals surface area contributed by atoms with E-state index in [1.54, 1.807) is 0 Å². The normalized spacial score (nSPS) is 9.32. The first-order chi connectivity index (χ1) is 9.17. The van der Waals surface area contributed by atoms with Crippen LogP contribution in [0.25, 0.3) is 0 Å². The molecular formula is C15H28ClNO2. The van der Waals surface area contributed by atoms with Gasteiger partial charge in [-0.25, -0.2) is 0 Å². The van der Waals surface area contributed by atoms with Crippen LogP contribution < -0.4 is 5.32 Å². The first-order valence-electron chi connectivity index (χ1n) is 6.87. The Morgan fingerprint density at radius 2 is 1.63 bits per heavy atom. The summed E-state index contributed by atoms with van der Waals surface area (Å²) in [6.07, 6.45) is 0. The van der Waals surface area contributed by atoms with Crippen molar-refractivity contribution >= 4 is 11.6 Å². The Kier molecular flexibility index (Phi) is 15.1. The Hall–Kier alpha value is -0.610. The van der Waals surface area contributed by atoms with Crippen molar-refractivity contribution in [2.24, 2.45) is 0 Å². The first kappa shape index (κ1) is 20.7. The summed E-state index contributed by atoms with van der Waals surface area (Å²) < 4.78 is 0. The Labute approximate surface area is 122 Å². The summed E-state index contributed by atoms with van der Waals surface area (Å²) >= 11 is 5.97. The third-order valence-corrected chi connectivity index (χ3v) is 2.68. The fraction of sp³-hybridized carbons (Fsp3) is 0.600. The fourth-order valence-electron chi connectivity index (χ4n) is 1.20. The number of aliphatic hydroxyl groups excluding tert-OH is 2. The molecule has 0 unspecified atom stereocenters. The van der Waals surface area contributed by atoms with E-state index in [2.05, 4.69) is 5.32 Å². The lowest BCUT2D eigenvalue weighted by atomic mass is 10.1. The molecule has 0 saturated heterocycles. The number of hydrogen-bond acceptors (Lipinski definition) is 3. The van der Waals surface area contributed by atoms with Crippen LogP contribution in [0, 0.1) is 6.92 Å². The molecule has 0 spiro atoms. The molecule has 1 aromatic rings. The van der Waals surface area contributed by atoms with Crippen LogP contribution in [0.15, 0.2) is 18.2 Å². The predicted molar refractivity (Wildman–Crippen MR) is 83.7 cm³/mol. The lowest BCUT2D eigenvalue weighted by molar-refractivity contribution is 0.170. The summed E-state index contributed by atoms with van der Waals surface area (Å²) in [4.78, 5) is 0. The van der Waals surface area contributed by atoms with E-state index in [-0.39, 0.29) is 19.3 Å². The standard InChI is InChI=1S/C11H16ClNO2.2C2H6/c1-8-2-3-9(4-11(8)12)5-13-10(6-14)7-15;2*1-2/h2-4,10,13-15H,5-7H2,1H3;2*1-2H3. The third kappa shape index (κ3) is 9.00. The molecule has 0 amide bonds. The van der Waals surface area contributed by atoms with E-state index in [0.29, 0.717) is 6.54 Å². The van der Waals surface area contributed by atoms with Crippen LogP contribution in [0.1, 0.15) is 38.8 Å². The quantitative estimate of drug-likeness (QED) is 0.780. The van der Waals surface area contributed by atoms with Gasteiger partial charge in [-0.15, -0.1) is 0 Å².